The topological polar surface area (TPSA) is 49.3 Å². The van der Waals surface area contributed by atoms with Crippen molar-refractivity contribution in [2.45, 2.75) is 30.1 Å². The van der Waals surface area contributed by atoms with Gasteiger partial charge in [-0.1, -0.05) is 25.1 Å². The molecule has 0 bridgehead atoms. The molecule has 0 saturated carbocycles. The number of thioether (sulfide) groups is 1. The zero-order valence-electron chi connectivity index (χ0n) is 9.51. The Kier molecular flexibility index (Phi) is 5.35. The van der Waals surface area contributed by atoms with Gasteiger partial charge in [0.15, 0.2) is 0 Å². The van der Waals surface area contributed by atoms with Gasteiger partial charge in [-0.2, -0.15) is 0 Å². The highest BCUT2D eigenvalue weighted by Gasteiger charge is 2.10. The number of carbonyl (C=O) groups excluding carboxylic acids is 1. The minimum absolute atomic E-state index is 0.282. The van der Waals surface area contributed by atoms with E-state index in [4.69, 9.17) is 5.11 Å². The van der Waals surface area contributed by atoms with Crippen LogP contribution in [0.3, 0.4) is 0 Å². The maximum absolute atomic E-state index is 11.1. The SMILES string of the molecule is CC(CNC(=O)C(C)O)Sc1ccccc1. The van der Waals surface area contributed by atoms with Crippen LogP contribution in [0.5, 0.6) is 0 Å². The van der Waals surface area contributed by atoms with E-state index in [1.807, 2.05) is 37.3 Å². The van der Waals surface area contributed by atoms with Gasteiger partial charge in [0.1, 0.15) is 6.10 Å². The summed E-state index contributed by atoms with van der Waals surface area (Å²) in [5.74, 6) is -0.319. The summed E-state index contributed by atoms with van der Waals surface area (Å²) < 4.78 is 0. The first-order valence-electron chi connectivity index (χ1n) is 5.27. The maximum Gasteiger partial charge on any atom is 0.248 e. The van der Waals surface area contributed by atoms with E-state index in [0.29, 0.717) is 6.54 Å². The first-order valence-corrected chi connectivity index (χ1v) is 6.15. The highest BCUT2D eigenvalue weighted by Crippen LogP contribution is 2.21. The molecular weight excluding hydrogens is 222 g/mol. The van der Waals surface area contributed by atoms with Crippen molar-refractivity contribution in [3.05, 3.63) is 30.3 Å². The van der Waals surface area contributed by atoms with Crippen LogP contribution in [0.4, 0.5) is 0 Å². The molecule has 0 aliphatic carbocycles. The summed E-state index contributed by atoms with van der Waals surface area (Å²) in [6.45, 7) is 4.06. The number of amides is 1. The van der Waals surface area contributed by atoms with E-state index in [0.717, 1.165) is 0 Å². The molecule has 0 aliphatic heterocycles. The molecule has 88 valence electrons. The van der Waals surface area contributed by atoms with Crippen LogP contribution in [-0.4, -0.2) is 28.9 Å². The Morgan fingerprint density at radius 3 is 2.56 bits per heavy atom. The average molecular weight is 239 g/mol. The summed E-state index contributed by atoms with van der Waals surface area (Å²) in [5.41, 5.74) is 0. The van der Waals surface area contributed by atoms with Crippen molar-refractivity contribution in [3.63, 3.8) is 0 Å². The normalized spacial score (nSPS) is 14.2. The molecule has 2 unspecified atom stereocenters. The monoisotopic (exact) mass is 239 g/mol. The molecule has 3 nitrogen and oxygen atoms in total. The molecule has 1 rings (SSSR count). The van der Waals surface area contributed by atoms with Gasteiger partial charge in [-0.25, -0.2) is 0 Å². The Bertz CT molecular complexity index is 327. The van der Waals surface area contributed by atoms with Gasteiger partial charge in [0.25, 0.3) is 0 Å². The van der Waals surface area contributed by atoms with Crippen LogP contribution in [0, 0.1) is 0 Å². The van der Waals surface area contributed by atoms with Crippen molar-refractivity contribution in [1.29, 1.82) is 0 Å². The van der Waals surface area contributed by atoms with E-state index in [9.17, 15) is 4.79 Å². The van der Waals surface area contributed by atoms with Gasteiger partial charge in [-0.3, -0.25) is 4.79 Å². The van der Waals surface area contributed by atoms with Crippen LogP contribution >= 0.6 is 11.8 Å². The quantitative estimate of drug-likeness (QED) is 0.768. The first kappa shape index (κ1) is 13.1. The van der Waals surface area contributed by atoms with E-state index in [-0.39, 0.29) is 11.2 Å². The highest BCUT2D eigenvalue weighted by atomic mass is 32.2. The Labute approximate surface area is 100 Å². The van der Waals surface area contributed by atoms with E-state index in [1.54, 1.807) is 11.8 Å². The lowest BCUT2D eigenvalue weighted by atomic mass is 10.3. The number of aliphatic hydroxyl groups is 1. The molecule has 0 radical (unpaired) electrons. The summed E-state index contributed by atoms with van der Waals surface area (Å²) in [6.07, 6.45) is -0.936. The van der Waals surface area contributed by atoms with Crippen LogP contribution < -0.4 is 5.32 Å². The summed E-state index contributed by atoms with van der Waals surface area (Å²) in [4.78, 5) is 12.3. The molecule has 1 aromatic carbocycles. The fourth-order valence-corrected chi connectivity index (χ4v) is 2.11. The Hall–Kier alpha value is -1.00. The lowest BCUT2D eigenvalue weighted by Gasteiger charge is -2.13. The molecule has 0 spiro atoms. The molecule has 1 amide bonds. The van der Waals surface area contributed by atoms with Crippen LogP contribution in [0.25, 0.3) is 0 Å². The number of rotatable bonds is 5. The van der Waals surface area contributed by atoms with E-state index in [1.165, 1.54) is 11.8 Å². The standard InChI is InChI=1S/C12H17NO2S/c1-9(8-13-12(15)10(2)14)16-11-6-4-3-5-7-11/h3-7,9-10,14H,8H2,1-2H3,(H,13,15). The third kappa shape index (κ3) is 4.68. The molecule has 0 aromatic heterocycles. The number of aliphatic hydroxyl groups excluding tert-OH is 1. The van der Waals surface area contributed by atoms with Crippen molar-refractivity contribution < 1.29 is 9.90 Å². The number of carbonyl (C=O) groups is 1. The largest absolute Gasteiger partial charge is 0.384 e. The molecule has 0 aliphatic rings. The second-order valence-electron chi connectivity index (χ2n) is 3.66. The smallest absolute Gasteiger partial charge is 0.248 e. The Balaban J connectivity index is 2.31. The summed E-state index contributed by atoms with van der Waals surface area (Å²) in [5, 5.41) is 12.0. The van der Waals surface area contributed by atoms with Gasteiger partial charge in [0.2, 0.25) is 5.91 Å². The van der Waals surface area contributed by atoms with Crippen molar-refractivity contribution >= 4 is 17.7 Å². The Morgan fingerprint density at radius 1 is 1.38 bits per heavy atom. The lowest BCUT2D eigenvalue weighted by Crippen LogP contribution is -2.36. The fourth-order valence-electron chi connectivity index (χ4n) is 1.17. The predicted molar refractivity (Wildman–Crippen MR) is 66.5 cm³/mol. The number of nitrogens with one attached hydrogen (secondary N) is 1. The lowest BCUT2D eigenvalue weighted by molar-refractivity contribution is -0.128. The van der Waals surface area contributed by atoms with Crippen LogP contribution in [0.2, 0.25) is 0 Å². The Morgan fingerprint density at radius 2 is 2.00 bits per heavy atom. The zero-order valence-corrected chi connectivity index (χ0v) is 10.3. The van der Waals surface area contributed by atoms with Gasteiger partial charge < -0.3 is 10.4 Å². The van der Waals surface area contributed by atoms with E-state index < -0.39 is 6.10 Å². The molecular formula is C12H17NO2S. The van der Waals surface area contributed by atoms with Gasteiger partial charge in [-0.05, 0) is 19.1 Å². The first-order chi connectivity index (χ1) is 7.59. The third-order valence-corrected chi connectivity index (χ3v) is 3.14. The average Bonchev–Trinajstić information content (AvgIpc) is 2.27. The molecule has 0 saturated heterocycles. The molecule has 2 atom stereocenters. The zero-order chi connectivity index (χ0) is 12.0. The van der Waals surface area contributed by atoms with Crippen molar-refractivity contribution in [2.24, 2.45) is 0 Å². The van der Waals surface area contributed by atoms with Crippen molar-refractivity contribution in [3.8, 4) is 0 Å². The summed E-state index contributed by atoms with van der Waals surface area (Å²) >= 11 is 1.70. The number of hydrogen-bond acceptors (Lipinski definition) is 3. The minimum Gasteiger partial charge on any atom is -0.384 e. The third-order valence-electron chi connectivity index (χ3n) is 2.02. The van der Waals surface area contributed by atoms with Gasteiger partial charge in [0, 0.05) is 16.7 Å². The molecule has 0 fully saturated rings. The molecule has 16 heavy (non-hydrogen) atoms. The molecule has 2 N–H and O–H groups in total. The second-order valence-corrected chi connectivity index (χ2v) is 5.17. The minimum atomic E-state index is -0.936. The van der Waals surface area contributed by atoms with Crippen molar-refractivity contribution in [2.75, 3.05) is 6.54 Å². The van der Waals surface area contributed by atoms with Gasteiger partial charge in [0.05, 0.1) is 0 Å². The summed E-state index contributed by atoms with van der Waals surface area (Å²) in [7, 11) is 0. The highest BCUT2D eigenvalue weighted by molar-refractivity contribution is 8.00. The van der Waals surface area contributed by atoms with Crippen LogP contribution in [0.15, 0.2) is 35.2 Å². The number of hydrogen-bond donors (Lipinski definition) is 2. The van der Waals surface area contributed by atoms with Crippen LogP contribution in [-0.2, 0) is 4.79 Å². The van der Waals surface area contributed by atoms with Gasteiger partial charge >= 0.3 is 0 Å². The predicted octanol–water partition coefficient (Wildman–Crippen LogP) is 1.66. The molecule has 1 aromatic rings. The van der Waals surface area contributed by atoms with E-state index in [2.05, 4.69) is 5.32 Å². The second kappa shape index (κ2) is 6.55. The van der Waals surface area contributed by atoms with Crippen molar-refractivity contribution in [1.82, 2.24) is 5.32 Å². The summed E-state index contributed by atoms with van der Waals surface area (Å²) in [6, 6.07) is 10.0. The molecule has 4 heteroatoms. The molecule has 0 heterocycles. The van der Waals surface area contributed by atoms with Crippen LogP contribution in [0.1, 0.15) is 13.8 Å². The van der Waals surface area contributed by atoms with E-state index >= 15 is 0 Å². The van der Waals surface area contributed by atoms with Gasteiger partial charge in [-0.15, -0.1) is 11.8 Å². The number of benzene rings is 1. The fraction of sp³-hybridized carbons (Fsp3) is 0.417. The maximum atomic E-state index is 11.1.